The van der Waals surface area contributed by atoms with E-state index >= 15 is 0 Å². The molecule has 1 fully saturated rings. The van der Waals surface area contributed by atoms with Gasteiger partial charge in [-0.3, -0.25) is 0 Å². The van der Waals surface area contributed by atoms with Crippen molar-refractivity contribution in [1.82, 2.24) is 19.5 Å². The van der Waals surface area contributed by atoms with E-state index in [0.717, 1.165) is 29.9 Å². The second-order valence-corrected chi connectivity index (χ2v) is 7.91. The topological polar surface area (TPSA) is 86.1 Å². The Morgan fingerprint density at radius 2 is 2.00 bits per heavy atom. The fourth-order valence-electron chi connectivity index (χ4n) is 3.36. The maximum atomic E-state index is 14.6. The number of aryl methyl sites for hydroxylation is 1. The van der Waals surface area contributed by atoms with Crippen molar-refractivity contribution in [3.63, 3.8) is 0 Å². The predicted octanol–water partition coefficient (Wildman–Crippen LogP) is 4.37. The molecular formula is C22H20ClFN6O2. The first-order valence-corrected chi connectivity index (χ1v) is 10.4. The fourth-order valence-corrected chi connectivity index (χ4v) is 3.46. The van der Waals surface area contributed by atoms with Gasteiger partial charge in [-0.25, -0.2) is 19.3 Å². The van der Waals surface area contributed by atoms with Crippen molar-refractivity contribution >= 4 is 34.3 Å². The van der Waals surface area contributed by atoms with E-state index in [-0.39, 0.29) is 12.6 Å². The molecule has 2 N–H and O–H groups in total. The molecule has 2 aromatic heterocycles. The van der Waals surface area contributed by atoms with E-state index in [1.807, 2.05) is 23.7 Å². The van der Waals surface area contributed by atoms with E-state index in [2.05, 4.69) is 31.7 Å². The number of aromatic nitrogens is 4. The normalized spacial score (nSPS) is 13.7. The molecule has 0 aliphatic carbocycles. The number of ether oxygens (including phenoxy) is 2. The molecule has 0 saturated carbocycles. The molecule has 164 valence electrons. The first kappa shape index (κ1) is 20.5. The number of hydrogen-bond acceptors (Lipinski definition) is 7. The van der Waals surface area contributed by atoms with Crippen molar-refractivity contribution in [1.29, 1.82) is 0 Å². The van der Waals surface area contributed by atoms with Crippen molar-refractivity contribution in [2.24, 2.45) is 7.05 Å². The molecule has 0 amide bonds. The number of imidazole rings is 1. The lowest BCUT2D eigenvalue weighted by atomic mass is 10.2. The van der Waals surface area contributed by atoms with E-state index < -0.39 is 5.82 Å². The number of hydrogen-bond donors (Lipinski definition) is 2. The molecule has 0 unspecified atom stereocenters. The molecule has 1 aliphatic heterocycles. The molecule has 1 aliphatic rings. The first-order chi connectivity index (χ1) is 15.5. The summed E-state index contributed by atoms with van der Waals surface area (Å²) >= 11 is 5.76. The molecule has 0 bridgehead atoms. The Labute approximate surface area is 188 Å². The highest BCUT2D eigenvalue weighted by atomic mass is 35.5. The second kappa shape index (κ2) is 8.60. The maximum Gasteiger partial charge on any atom is 0.321 e. The number of nitrogens with one attached hydrogen (secondary N) is 2. The van der Waals surface area contributed by atoms with Gasteiger partial charge in [0.1, 0.15) is 11.6 Å². The second-order valence-electron chi connectivity index (χ2n) is 7.47. The lowest BCUT2D eigenvalue weighted by Crippen LogP contribution is -2.40. The first-order valence-electron chi connectivity index (χ1n) is 10.0. The van der Waals surface area contributed by atoms with E-state index in [4.69, 9.17) is 21.1 Å². The maximum absolute atomic E-state index is 14.6. The minimum absolute atomic E-state index is 0.0954. The largest absolute Gasteiger partial charge is 0.424 e. The van der Waals surface area contributed by atoms with Gasteiger partial charge in [-0.05, 0) is 24.3 Å². The molecule has 2 aromatic carbocycles. The smallest absolute Gasteiger partial charge is 0.321 e. The minimum Gasteiger partial charge on any atom is -0.424 e. The van der Waals surface area contributed by atoms with Crippen LogP contribution in [0.1, 0.15) is 5.56 Å². The molecule has 4 aromatic rings. The number of anilines is 2. The SMILES string of the molecule is Cn1c(NCc2ccc(Oc3ncc(Cl)cn3)cc2F)nc2ccc(NC3COC3)cc21. The summed E-state index contributed by atoms with van der Waals surface area (Å²) in [6, 6.07) is 11.1. The highest BCUT2D eigenvalue weighted by Crippen LogP contribution is 2.25. The van der Waals surface area contributed by atoms with Gasteiger partial charge in [-0.2, -0.15) is 0 Å². The van der Waals surface area contributed by atoms with Crippen molar-refractivity contribution in [2.45, 2.75) is 12.6 Å². The van der Waals surface area contributed by atoms with E-state index in [1.54, 1.807) is 12.1 Å². The van der Waals surface area contributed by atoms with Gasteiger partial charge < -0.3 is 24.7 Å². The summed E-state index contributed by atoms with van der Waals surface area (Å²) in [5.41, 5.74) is 3.34. The summed E-state index contributed by atoms with van der Waals surface area (Å²) in [6.07, 6.45) is 2.83. The van der Waals surface area contributed by atoms with Gasteiger partial charge in [0.25, 0.3) is 0 Å². The fraction of sp³-hybridized carbons (Fsp3) is 0.227. The predicted molar refractivity (Wildman–Crippen MR) is 120 cm³/mol. The van der Waals surface area contributed by atoms with Crippen molar-refractivity contribution in [2.75, 3.05) is 23.8 Å². The summed E-state index contributed by atoms with van der Waals surface area (Å²) in [6.45, 7) is 1.71. The average molecular weight is 455 g/mol. The van der Waals surface area contributed by atoms with Crippen LogP contribution < -0.4 is 15.4 Å². The van der Waals surface area contributed by atoms with Crippen molar-refractivity contribution in [3.05, 3.63) is 65.2 Å². The van der Waals surface area contributed by atoms with E-state index in [9.17, 15) is 4.39 Å². The van der Waals surface area contributed by atoms with Crippen LogP contribution in [-0.2, 0) is 18.3 Å². The lowest BCUT2D eigenvalue weighted by molar-refractivity contribution is 0.0211. The van der Waals surface area contributed by atoms with Crippen LogP contribution in [0.4, 0.5) is 16.0 Å². The summed E-state index contributed by atoms with van der Waals surface area (Å²) in [7, 11) is 1.92. The zero-order valence-electron chi connectivity index (χ0n) is 17.2. The standard InChI is InChI=1S/C22H20ClFN6O2/c1-30-20-6-15(28-16-11-31-12-16)3-5-19(20)29-21(30)25-8-13-2-4-17(7-18(13)24)32-22-26-9-14(23)10-27-22/h2-7,9-10,16,28H,8,11-12H2,1H3,(H,25,29). The van der Waals surface area contributed by atoms with E-state index in [1.165, 1.54) is 18.5 Å². The zero-order valence-corrected chi connectivity index (χ0v) is 17.9. The highest BCUT2D eigenvalue weighted by Gasteiger charge is 2.18. The van der Waals surface area contributed by atoms with Gasteiger partial charge in [0, 0.05) is 30.9 Å². The number of nitrogens with zero attached hydrogens (tertiary/aromatic N) is 4. The third-order valence-corrected chi connectivity index (χ3v) is 5.35. The monoisotopic (exact) mass is 454 g/mol. The molecular weight excluding hydrogens is 435 g/mol. The molecule has 5 rings (SSSR count). The number of halogens is 2. The third kappa shape index (κ3) is 4.30. The van der Waals surface area contributed by atoms with Crippen LogP contribution in [0, 0.1) is 5.82 Å². The minimum atomic E-state index is -0.406. The molecule has 10 heteroatoms. The molecule has 32 heavy (non-hydrogen) atoms. The van der Waals surface area contributed by atoms with Crippen LogP contribution in [-0.4, -0.2) is 38.8 Å². The molecule has 1 saturated heterocycles. The van der Waals surface area contributed by atoms with Crippen molar-refractivity contribution in [3.8, 4) is 11.8 Å². The lowest BCUT2D eigenvalue weighted by Gasteiger charge is -2.27. The van der Waals surface area contributed by atoms with E-state index in [0.29, 0.717) is 28.3 Å². The van der Waals surface area contributed by atoms with Gasteiger partial charge in [0.05, 0.1) is 47.7 Å². The summed E-state index contributed by atoms with van der Waals surface area (Å²) in [4.78, 5) is 12.5. The van der Waals surface area contributed by atoms with Gasteiger partial charge in [0.15, 0.2) is 0 Å². The molecule has 0 radical (unpaired) electrons. The molecule has 0 atom stereocenters. The Hall–Kier alpha value is -3.43. The van der Waals surface area contributed by atoms with Crippen LogP contribution in [0.5, 0.6) is 11.8 Å². The highest BCUT2D eigenvalue weighted by molar-refractivity contribution is 6.30. The summed E-state index contributed by atoms with van der Waals surface area (Å²) in [5, 5.41) is 7.04. The molecule has 3 heterocycles. The Bertz CT molecular complexity index is 1260. The summed E-state index contributed by atoms with van der Waals surface area (Å²) in [5.74, 6) is 0.545. The quantitative estimate of drug-likeness (QED) is 0.428. The number of benzene rings is 2. The van der Waals surface area contributed by atoms with Crippen molar-refractivity contribution < 1.29 is 13.9 Å². The van der Waals surface area contributed by atoms with Gasteiger partial charge in [-0.15, -0.1) is 0 Å². The summed E-state index contributed by atoms with van der Waals surface area (Å²) < 4.78 is 27.2. The Morgan fingerprint density at radius 1 is 1.19 bits per heavy atom. The Balaban J connectivity index is 1.27. The Morgan fingerprint density at radius 3 is 2.72 bits per heavy atom. The van der Waals surface area contributed by atoms with Gasteiger partial charge in [-0.1, -0.05) is 17.7 Å². The molecule has 8 nitrogen and oxygen atoms in total. The van der Waals surface area contributed by atoms with Crippen LogP contribution >= 0.6 is 11.6 Å². The number of rotatable bonds is 7. The third-order valence-electron chi connectivity index (χ3n) is 5.16. The van der Waals surface area contributed by atoms with Gasteiger partial charge in [0.2, 0.25) is 5.95 Å². The molecule has 0 spiro atoms. The Kier molecular flexibility index (Phi) is 5.50. The zero-order chi connectivity index (χ0) is 22.1. The average Bonchev–Trinajstić information content (AvgIpc) is 3.07. The van der Waals surface area contributed by atoms with Gasteiger partial charge >= 0.3 is 6.01 Å². The number of fused-ring (bicyclic) bond motifs is 1. The van der Waals surface area contributed by atoms with Crippen LogP contribution in [0.2, 0.25) is 5.02 Å². The van der Waals surface area contributed by atoms with Crippen LogP contribution in [0.3, 0.4) is 0 Å². The van der Waals surface area contributed by atoms with Crippen LogP contribution in [0.15, 0.2) is 48.8 Å². The van der Waals surface area contributed by atoms with Crippen LogP contribution in [0.25, 0.3) is 11.0 Å².